The molecule has 7 aromatic rings. The van der Waals surface area contributed by atoms with Crippen molar-refractivity contribution in [2.24, 2.45) is 0 Å². The lowest BCUT2D eigenvalue weighted by molar-refractivity contribution is -0.138. The highest BCUT2D eigenvalue weighted by Gasteiger charge is 2.35. The Kier molecular flexibility index (Phi) is 23.0. The van der Waals surface area contributed by atoms with Crippen molar-refractivity contribution >= 4 is 70.6 Å². The number of benzene rings is 7. The Morgan fingerprint density at radius 2 is 0.321 bits per heavy atom. The van der Waals surface area contributed by atoms with Crippen LogP contribution in [0.2, 0.25) is 0 Å². The molecule has 0 N–H and O–H groups in total. The third-order valence-electron chi connectivity index (χ3n) is 12.8. The molecule has 0 saturated carbocycles. The van der Waals surface area contributed by atoms with Gasteiger partial charge in [0.2, 0.25) is 0 Å². The number of alkyl halides is 18. The van der Waals surface area contributed by atoms with Crippen LogP contribution in [0.15, 0.2) is 146 Å². The van der Waals surface area contributed by atoms with Gasteiger partial charge in [-0.05, 0) is 103 Å². The number of halogens is 18. The van der Waals surface area contributed by atoms with Gasteiger partial charge in [-0.3, -0.25) is 0 Å². The first-order chi connectivity index (χ1) is 39.4. The molecule has 0 aromatic heterocycles. The molecule has 0 aliphatic carbocycles. The van der Waals surface area contributed by atoms with Crippen LogP contribution in [0, 0.1) is 0 Å². The Bertz CT molecular complexity index is 2720. The molecule has 84 heavy (non-hydrogen) atoms. The molecule has 0 nitrogen and oxygen atoms in total. The smallest absolute Gasteiger partial charge is 0.166 e. The fraction of sp³-hybridized carbons (Fsp3) is 0.300. The first kappa shape index (κ1) is 66.9. The van der Waals surface area contributed by atoms with Crippen LogP contribution < -0.4 is 0 Å². The average molecular weight is 1300 g/mol. The van der Waals surface area contributed by atoms with E-state index in [0.717, 1.165) is 72.8 Å². The molecule has 0 unspecified atom stereocenters. The summed E-state index contributed by atoms with van der Waals surface area (Å²) in [4.78, 5) is 0. The Hall–Kier alpha value is -4.62. The van der Waals surface area contributed by atoms with Crippen molar-refractivity contribution in [3.63, 3.8) is 0 Å². The second kappa shape index (κ2) is 28.9. The Morgan fingerprint density at radius 1 is 0.190 bits per heavy atom. The van der Waals surface area contributed by atoms with E-state index in [0.29, 0.717) is 33.4 Å². The third-order valence-corrected chi connectivity index (χ3v) is 19.0. The Labute approximate surface area is 498 Å². The SMILES string of the molecule is FC(F)(F)c1cccc(CSCc2c(CSCc3cccc(C(F)(F)F)c3)c(CSCc3cccc(C(F)(F)F)c3)c(CSCc3cccc(C(F)(F)F)c3)c(CSCc3cccc(C(F)(F)F)c3)c2CSCc2cccc(C(F)(F)F)c2)c1. The molecule has 0 amide bonds. The van der Waals surface area contributed by atoms with Crippen LogP contribution in [0.25, 0.3) is 0 Å². The molecule has 0 aliphatic heterocycles. The maximum absolute atomic E-state index is 14.0. The zero-order chi connectivity index (χ0) is 61.1. The molecule has 0 fully saturated rings. The lowest BCUT2D eigenvalue weighted by atomic mass is 9.90. The monoisotopic (exact) mass is 1300 g/mol. The van der Waals surface area contributed by atoms with Crippen molar-refractivity contribution in [1.82, 2.24) is 0 Å². The first-order valence-corrected chi connectivity index (χ1v) is 32.0. The van der Waals surface area contributed by atoms with Gasteiger partial charge in [0.05, 0.1) is 33.4 Å². The van der Waals surface area contributed by atoms with Crippen molar-refractivity contribution < 1.29 is 79.0 Å². The van der Waals surface area contributed by atoms with Crippen molar-refractivity contribution in [3.8, 4) is 0 Å². The molecule has 0 radical (unpaired) electrons. The number of rotatable bonds is 24. The highest BCUT2D eigenvalue weighted by atomic mass is 32.2. The van der Waals surface area contributed by atoms with Gasteiger partial charge in [-0.25, -0.2) is 0 Å². The van der Waals surface area contributed by atoms with E-state index < -0.39 is 70.4 Å². The lowest BCUT2D eigenvalue weighted by Crippen LogP contribution is -2.13. The lowest BCUT2D eigenvalue weighted by Gasteiger charge is -2.27. The number of hydrogen-bond acceptors (Lipinski definition) is 6. The van der Waals surface area contributed by atoms with Gasteiger partial charge in [0.1, 0.15) is 0 Å². The summed E-state index contributed by atoms with van der Waals surface area (Å²) in [7, 11) is 0. The van der Waals surface area contributed by atoms with Gasteiger partial charge < -0.3 is 0 Å². The maximum Gasteiger partial charge on any atom is 0.416 e. The molecule has 0 atom stereocenters. The normalized spacial score (nSPS) is 12.8. The number of hydrogen-bond donors (Lipinski definition) is 0. The van der Waals surface area contributed by atoms with E-state index in [1.54, 1.807) is 0 Å². The van der Waals surface area contributed by atoms with Crippen LogP contribution in [0.1, 0.15) is 100 Å². The molecule has 0 heterocycles. The maximum atomic E-state index is 14.0. The highest BCUT2D eigenvalue weighted by molar-refractivity contribution is 7.99. The highest BCUT2D eigenvalue weighted by Crippen LogP contribution is 2.44. The molecular formula is C60H48F18S6. The zero-order valence-electron chi connectivity index (χ0n) is 43.6. The summed E-state index contributed by atoms with van der Waals surface area (Å²) < 4.78 is 251. The van der Waals surface area contributed by atoms with Crippen LogP contribution in [-0.2, 0) is 106 Å². The van der Waals surface area contributed by atoms with Crippen LogP contribution in [0.3, 0.4) is 0 Å². The van der Waals surface area contributed by atoms with Crippen LogP contribution in [0.5, 0.6) is 0 Å². The third kappa shape index (κ3) is 19.7. The topological polar surface area (TPSA) is 0 Å². The molecule has 0 bridgehead atoms. The summed E-state index contributed by atoms with van der Waals surface area (Å²) in [6.07, 6.45) is -28.1. The molecule has 450 valence electrons. The number of thioether (sulfide) groups is 6. The predicted octanol–water partition coefficient (Wildman–Crippen LogP) is 22.4. The van der Waals surface area contributed by atoms with Crippen LogP contribution in [-0.4, -0.2) is 0 Å². The molecule has 7 rings (SSSR count). The van der Waals surface area contributed by atoms with E-state index >= 15 is 0 Å². The van der Waals surface area contributed by atoms with E-state index in [2.05, 4.69) is 0 Å². The fourth-order valence-corrected chi connectivity index (χ4v) is 15.2. The van der Waals surface area contributed by atoms with Gasteiger partial charge in [-0.1, -0.05) is 109 Å². The second-order valence-corrected chi connectivity index (χ2v) is 24.9. The minimum absolute atomic E-state index is 0.00536. The quantitative estimate of drug-likeness (QED) is 0.0549. The van der Waals surface area contributed by atoms with Crippen molar-refractivity contribution in [2.75, 3.05) is 0 Å². The van der Waals surface area contributed by atoms with E-state index in [4.69, 9.17) is 0 Å². The molecule has 0 saturated heterocycles. The Morgan fingerprint density at radius 3 is 0.440 bits per heavy atom. The van der Waals surface area contributed by atoms with Gasteiger partial charge >= 0.3 is 37.1 Å². The van der Waals surface area contributed by atoms with E-state index in [1.807, 2.05) is 0 Å². The summed E-state index contributed by atoms with van der Waals surface area (Å²) in [5, 5.41) is 0. The second-order valence-electron chi connectivity index (χ2n) is 19.0. The molecular weight excluding hydrogens is 1260 g/mol. The van der Waals surface area contributed by atoms with Gasteiger partial charge in [-0.2, -0.15) is 150 Å². The van der Waals surface area contributed by atoms with Crippen LogP contribution >= 0.6 is 70.6 Å². The summed E-state index contributed by atoms with van der Waals surface area (Å²) in [5.74, 6) is 0.302. The average Bonchev–Trinajstić information content (AvgIpc) is 3.41. The Balaban J connectivity index is 1.42. The van der Waals surface area contributed by atoms with Gasteiger partial charge in [-0.15, -0.1) is 0 Å². The van der Waals surface area contributed by atoms with E-state index in [-0.39, 0.29) is 102 Å². The predicted molar refractivity (Wildman–Crippen MR) is 305 cm³/mol. The van der Waals surface area contributed by atoms with E-state index in [9.17, 15) is 79.0 Å². The zero-order valence-corrected chi connectivity index (χ0v) is 48.5. The first-order valence-electron chi connectivity index (χ1n) is 25.0. The molecule has 7 aromatic carbocycles. The summed E-state index contributed by atoms with van der Waals surface area (Å²) in [6.45, 7) is 0. The van der Waals surface area contributed by atoms with Gasteiger partial charge in [0, 0.05) is 69.0 Å². The standard InChI is InChI=1S/C60H48F18S6/c61-55(62,63)43-13-1-7-37(19-43)25-79-31-49-50(32-80-26-38-8-2-14-44(20-38)56(64,65)66)52(34-82-28-40-10-4-16-46(22-40)58(70,71)72)54(36-84-30-42-12-6-18-48(24-42)60(76,77)78)53(35-83-29-41-11-5-17-47(23-41)59(73,74)75)51(49)33-81-27-39-9-3-15-45(21-39)57(67,68)69/h1-24H,25-36H2. The van der Waals surface area contributed by atoms with Crippen molar-refractivity contribution in [1.29, 1.82) is 0 Å². The molecule has 24 heteroatoms. The van der Waals surface area contributed by atoms with E-state index in [1.165, 1.54) is 143 Å². The molecule has 0 aliphatic rings. The largest absolute Gasteiger partial charge is 0.416 e. The van der Waals surface area contributed by atoms with Crippen LogP contribution in [0.4, 0.5) is 79.0 Å². The summed E-state index contributed by atoms with van der Waals surface area (Å²) in [5.41, 5.74) is -0.199. The van der Waals surface area contributed by atoms with Gasteiger partial charge in [0.25, 0.3) is 0 Å². The van der Waals surface area contributed by atoms with Crippen molar-refractivity contribution in [2.45, 2.75) is 106 Å². The summed E-state index contributed by atoms with van der Waals surface area (Å²) >= 11 is 7.24. The molecule has 0 spiro atoms. The van der Waals surface area contributed by atoms with Gasteiger partial charge in [0.15, 0.2) is 0 Å². The minimum Gasteiger partial charge on any atom is -0.166 e. The fourth-order valence-electron chi connectivity index (χ4n) is 8.79. The van der Waals surface area contributed by atoms with Crippen molar-refractivity contribution in [3.05, 3.63) is 246 Å². The minimum atomic E-state index is -4.69. The summed E-state index contributed by atoms with van der Waals surface area (Å²) in [6, 6.07) is 27.8.